The predicted molar refractivity (Wildman–Crippen MR) is 142 cm³/mol. The van der Waals surface area contributed by atoms with Crippen molar-refractivity contribution < 1.29 is 18.0 Å². The fourth-order valence-corrected chi connectivity index (χ4v) is 5.28. The van der Waals surface area contributed by atoms with Crippen molar-refractivity contribution in [1.29, 1.82) is 0 Å². The van der Waals surface area contributed by atoms with E-state index in [1.54, 1.807) is 37.3 Å². The fourth-order valence-electron chi connectivity index (χ4n) is 3.85. The summed E-state index contributed by atoms with van der Waals surface area (Å²) in [6, 6.07) is 23.7. The average Bonchev–Trinajstić information content (AvgIpc) is 2.90. The Bertz CT molecular complexity index is 1260. The van der Waals surface area contributed by atoms with Crippen LogP contribution in [0.4, 0.5) is 5.69 Å². The molecule has 0 aliphatic heterocycles. The van der Waals surface area contributed by atoms with Crippen LogP contribution in [0.2, 0.25) is 0 Å². The summed E-state index contributed by atoms with van der Waals surface area (Å²) in [6.07, 6.45) is 0. The highest BCUT2D eigenvalue weighted by molar-refractivity contribution is 7.92. The van der Waals surface area contributed by atoms with Crippen LogP contribution in [0.1, 0.15) is 37.8 Å². The van der Waals surface area contributed by atoms with Gasteiger partial charge in [0.1, 0.15) is 12.6 Å². The van der Waals surface area contributed by atoms with E-state index in [4.69, 9.17) is 0 Å². The van der Waals surface area contributed by atoms with Crippen LogP contribution in [0.5, 0.6) is 0 Å². The number of benzene rings is 3. The lowest BCUT2D eigenvalue weighted by Crippen LogP contribution is -2.50. The monoisotopic (exact) mass is 507 g/mol. The Hall–Kier alpha value is -3.65. The van der Waals surface area contributed by atoms with Crippen LogP contribution in [-0.2, 0) is 26.2 Å². The van der Waals surface area contributed by atoms with E-state index in [1.807, 2.05) is 42.5 Å². The molecule has 0 aromatic heterocycles. The molecule has 0 spiro atoms. The molecule has 1 N–H and O–H groups in total. The maximum Gasteiger partial charge on any atom is 0.264 e. The summed E-state index contributed by atoms with van der Waals surface area (Å²) >= 11 is 0. The Morgan fingerprint density at radius 2 is 1.39 bits per heavy atom. The van der Waals surface area contributed by atoms with Crippen LogP contribution in [0, 0.1) is 0 Å². The quantitative estimate of drug-likeness (QED) is 0.446. The first-order valence-corrected chi connectivity index (χ1v) is 13.3. The van der Waals surface area contributed by atoms with Crippen molar-refractivity contribution >= 4 is 27.5 Å². The Morgan fingerprint density at radius 3 is 1.92 bits per heavy atom. The maximum atomic E-state index is 13.7. The third-order valence-electron chi connectivity index (χ3n) is 6.07. The highest BCUT2D eigenvalue weighted by Crippen LogP contribution is 2.26. The first kappa shape index (κ1) is 26.9. The molecule has 1 unspecified atom stereocenters. The summed E-state index contributed by atoms with van der Waals surface area (Å²) in [5, 5.41) is 2.58. The highest BCUT2D eigenvalue weighted by atomic mass is 32.2. The number of carbonyl (C=O) groups is 2. The molecule has 0 saturated heterocycles. The molecule has 8 heteroatoms. The predicted octanol–water partition coefficient (Wildman–Crippen LogP) is 4.17. The lowest BCUT2D eigenvalue weighted by Gasteiger charge is -2.31. The first-order chi connectivity index (χ1) is 17.1. The molecular weight excluding hydrogens is 474 g/mol. The van der Waals surface area contributed by atoms with Gasteiger partial charge in [0.05, 0.1) is 10.6 Å². The van der Waals surface area contributed by atoms with Crippen molar-refractivity contribution in [2.45, 2.75) is 44.2 Å². The van der Waals surface area contributed by atoms with Crippen LogP contribution < -0.4 is 9.62 Å². The standard InChI is InChI=1S/C28H33N3O4S/c1-21(2)24-15-17-25(18-16-24)31(36(34,35)26-13-9-6-10-14-26)20-27(32)30(22(3)28(33)29-4)19-23-11-7-5-8-12-23/h5-18,21-22H,19-20H2,1-4H3,(H,29,33). The zero-order valence-corrected chi connectivity index (χ0v) is 21.9. The van der Waals surface area contributed by atoms with Crippen LogP contribution in [0.25, 0.3) is 0 Å². The Morgan fingerprint density at radius 1 is 0.833 bits per heavy atom. The van der Waals surface area contributed by atoms with E-state index in [9.17, 15) is 18.0 Å². The van der Waals surface area contributed by atoms with Gasteiger partial charge in [0.15, 0.2) is 0 Å². The van der Waals surface area contributed by atoms with Crippen molar-refractivity contribution in [3.05, 3.63) is 96.1 Å². The zero-order valence-electron chi connectivity index (χ0n) is 21.1. The largest absolute Gasteiger partial charge is 0.357 e. The van der Waals surface area contributed by atoms with Gasteiger partial charge in [-0.25, -0.2) is 8.42 Å². The number of hydrogen-bond donors (Lipinski definition) is 1. The number of sulfonamides is 1. The van der Waals surface area contributed by atoms with Gasteiger partial charge in [-0.1, -0.05) is 74.5 Å². The molecule has 3 aromatic carbocycles. The summed E-state index contributed by atoms with van der Waals surface area (Å²) < 4.78 is 28.5. The minimum absolute atomic E-state index is 0.0831. The molecule has 0 aliphatic carbocycles. The van der Waals surface area contributed by atoms with E-state index in [0.717, 1.165) is 15.4 Å². The molecular formula is C28H33N3O4S. The van der Waals surface area contributed by atoms with Crippen molar-refractivity contribution in [3.8, 4) is 0 Å². The molecule has 3 aromatic rings. The first-order valence-electron chi connectivity index (χ1n) is 11.9. The van der Waals surface area contributed by atoms with E-state index >= 15 is 0 Å². The SMILES string of the molecule is CNC(=O)C(C)N(Cc1ccccc1)C(=O)CN(c1ccc(C(C)C)cc1)S(=O)(=O)c1ccccc1. The smallest absolute Gasteiger partial charge is 0.264 e. The summed E-state index contributed by atoms with van der Waals surface area (Å²) in [6.45, 7) is 5.45. The third-order valence-corrected chi connectivity index (χ3v) is 7.86. The molecule has 2 amide bonds. The van der Waals surface area contributed by atoms with Gasteiger partial charge in [-0.3, -0.25) is 13.9 Å². The van der Waals surface area contributed by atoms with E-state index < -0.39 is 28.5 Å². The number of rotatable bonds is 10. The maximum absolute atomic E-state index is 13.7. The highest BCUT2D eigenvalue weighted by Gasteiger charge is 2.32. The van der Waals surface area contributed by atoms with E-state index in [2.05, 4.69) is 19.2 Å². The topological polar surface area (TPSA) is 86.8 Å². The van der Waals surface area contributed by atoms with Crippen molar-refractivity contribution in [2.24, 2.45) is 0 Å². The molecule has 3 rings (SSSR count). The van der Waals surface area contributed by atoms with Crippen molar-refractivity contribution in [1.82, 2.24) is 10.2 Å². The van der Waals surface area contributed by atoms with E-state index in [0.29, 0.717) is 5.69 Å². The number of amides is 2. The Balaban J connectivity index is 2.02. The number of hydrogen-bond acceptors (Lipinski definition) is 4. The minimum Gasteiger partial charge on any atom is -0.357 e. The van der Waals surface area contributed by atoms with Gasteiger partial charge in [-0.15, -0.1) is 0 Å². The van der Waals surface area contributed by atoms with Crippen LogP contribution in [0.15, 0.2) is 89.8 Å². The molecule has 0 aliphatic rings. The van der Waals surface area contributed by atoms with Crippen LogP contribution >= 0.6 is 0 Å². The minimum atomic E-state index is -4.05. The molecule has 0 radical (unpaired) electrons. The van der Waals surface area contributed by atoms with Gasteiger partial charge in [-0.05, 0) is 48.2 Å². The van der Waals surface area contributed by atoms with Crippen LogP contribution in [0.3, 0.4) is 0 Å². The fraction of sp³-hybridized carbons (Fsp3) is 0.286. The number of nitrogens with zero attached hydrogens (tertiary/aromatic N) is 2. The molecule has 0 heterocycles. The Labute approximate surface area is 213 Å². The second-order valence-electron chi connectivity index (χ2n) is 8.87. The van der Waals surface area contributed by atoms with Gasteiger partial charge in [0.25, 0.3) is 10.0 Å². The second-order valence-corrected chi connectivity index (χ2v) is 10.7. The van der Waals surface area contributed by atoms with Crippen LogP contribution in [-0.4, -0.2) is 44.8 Å². The van der Waals surface area contributed by atoms with E-state index in [1.165, 1.54) is 24.1 Å². The number of carbonyl (C=O) groups excluding carboxylic acids is 2. The molecule has 190 valence electrons. The van der Waals surface area contributed by atoms with Crippen molar-refractivity contribution in [2.75, 3.05) is 17.9 Å². The van der Waals surface area contributed by atoms with Crippen molar-refractivity contribution in [3.63, 3.8) is 0 Å². The van der Waals surface area contributed by atoms with Gasteiger partial charge < -0.3 is 10.2 Å². The van der Waals surface area contributed by atoms with Gasteiger partial charge >= 0.3 is 0 Å². The van der Waals surface area contributed by atoms with Gasteiger partial charge in [0, 0.05) is 13.6 Å². The Kier molecular flexibility index (Phi) is 8.88. The third kappa shape index (κ3) is 6.31. The zero-order chi connectivity index (χ0) is 26.3. The normalized spacial score (nSPS) is 12.1. The molecule has 0 fully saturated rings. The number of likely N-dealkylation sites (N-methyl/N-ethyl adjacent to an activating group) is 1. The number of anilines is 1. The summed E-state index contributed by atoms with van der Waals surface area (Å²) in [5.74, 6) is -0.546. The summed E-state index contributed by atoms with van der Waals surface area (Å²) in [4.78, 5) is 27.7. The summed E-state index contributed by atoms with van der Waals surface area (Å²) in [7, 11) is -2.55. The molecule has 7 nitrogen and oxygen atoms in total. The molecule has 36 heavy (non-hydrogen) atoms. The van der Waals surface area contributed by atoms with Gasteiger partial charge in [-0.2, -0.15) is 0 Å². The second kappa shape index (κ2) is 11.9. The van der Waals surface area contributed by atoms with Gasteiger partial charge in [0.2, 0.25) is 11.8 Å². The average molecular weight is 508 g/mol. The molecule has 0 saturated carbocycles. The lowest BCUT2D eigenvalue weighted by molar-refractivity contribution is -0.139. The van der Waals surface area contributed by atoms with E-state index in [-0.39, 0.29) is 23.3 Å². The molecule has 1 atom stereocenters. The lowest BCUT2D eigenvalue weighted by atomic mass is 10.0. The number of nitrogens with one attached hydrogen (secondary N) is 1. The molecule has 0 bridgehead atoms. The summed E-state index contributed by atoms with van der Waals surface area (Å²) in [5.41, 5.74) is 2.27.